The van der Waals surface area contributed by atoms with Crippen LogP contribution in [0.25, 0.3) is 0 Å². The minimum atomic E-state index is -3.86. The molecule has 0 fully saturated rings. The molecule has 1 atom stereocenters. The van der Waals surface area contributed by atoms with Gasteiger partial charge in [-0.2, -0.15) is 8.42 Å². The molecule has 0 aliphatic rings. The van der Waals surface area contributed by atoms with Crippen molar-refractivity contribution in [3.8, 4) is 0 Å². The Hall–Kier alpha value is 0.620. The van der Waals surface area contributed by atoms with Crippen molar-refractivity contribution in [1.82, 2.24) is 15.0 Å². The first-order chi connectivity index (χ1) is 10.8. The molecule has 0 saturated carbocycles. The van der Waals surface area contributed by atoms with Gasteiger partial charge >= 0.3 is 0 Å². The fourth-order valence-electron chi connectivity index (χ4n) is 1.60. The topological polar surface area (TPSA) is 108 Å². The molecule has 0 aliphatic carbocycles. The van der Waals surface area contributed by atoms with Gasteiger partial charge in [-0.3, -0.25) is 4.18 Å². The number of hydrogen-bond donors (Lipinski definition) is 1. The number of aromatic nitrogens is 3. The molecule has 1 aromatic heterocycles. The third-order valence-electron chi connectivity index (χ3n) is 3.22. The van der Waals surface area contributed by atoms with Gasteiger partial charge < -0.3 is 5.73 Å². The van der Waals surface area contributed by atoms with E-state index in [4.69, 9.17) is 79.5 Å². The van der Waals surface area contributed by atoms with Crippen LogP contribution in [-0.2, 0) is 27.4 Å². The predicted octanol–water partition coefficient (Wildman–Crippen LogP) is 3.45. The quantitative estimate of drug-likeness (QED) is 0.504. The Bertz CT molecular complexity index is 726. The Morgan fingerprint density at radius 2 is 1.16 bits per heavy atom. The van der Waals surface area contributed by atoms with Gasteiger partial charge in [0.1, 0.15) is 11.1 Å². The van der Waals surface area contributed by atoms with Crippen LogP contribution in [0.5, 0.6) is 0 Å². The Kier molecular flexibility index (Phi) is 6.83. The predicted molar refractivity (Wildman–Crippen MR) is 99.8 cm³/mol. The van der Waals surface area contributed by atoms with Crippen molar-refractivity contribution in [2.75, 3.05) is 6.26 Å². The molecule has 1 unspecified atom stereocenters. The summed E-state index contributed by atoms with van der Waals surface area (Å²) >= 11 is 34.8. The third kappa shape index (κ3) is 6.05. The van der Waals surface area contributed by atoms with Crippen molar-refractivity contribution in [3.63, 3.8) is 0 Å². The second-order valence-corrected chi connectivity index (χ2v) is 11.9. The number of alkyl halides is 6. The highest BCUT2D eigenvalue weighted by atomic mass is 35.6. The first kappa shape index (κ1) is 23.7. The van der Waals surface area contributed by atoms with E-state index in [0.29, 0.717) is 0 Å². The lowest BCUT2D eigenvalue weighted by atomic mass is 9.84. The molecule has 0 radical (unpaired) electrons. The molecule has 144 valence electrons. The van der Waals surface area contributed by atoms with E-state index in [0.717, 1.165) is 6.26 Å². The first-order valence-electron chi connectivity index (χ1n) is 6.38. The summed E-state index contributed by atoms with van der Waals surface area (Å²) in [5.74, 6) is -0.898. The summed E-state index contributed by atoms with van der Waals surface area (Å²) in [6.45, 7) is 4.25. The summed E-state index contributed by atoms with van der Waals surface area (Å²) in [4.78, 5) is 11.8. The van der Waals surface area contributed by atoms with Crippen LogP contribution < -0.4 is 5.73 Å². The van der Waals surface area contributed by atoms with E-state index < -0.39 is 28.8 Å². The van der Waals surface area contributed by atoms with Gasteiger partial charge in [0.25, 0.3) is 10.1 Å². The maximum absolute atomic E-state index is 11.5. The number of nitrogens with two attached hydrogens (primary N) is 1. The zero-order chi connectivity index (χ0) is 20.1. The van der Waals surface area contributed by atoms with E-state index >= 15 is 0 Å². The highest BCUT2D eigenvalue weighted by Crippen LogP contribution is 2.41. The molecule has 0 saturated heterocycles. The number of nitrogens with zero attached hydrogens (tertiary/aromatic N) is 3. The van der Waals surface area contributed by atoms with Crippen molar-refractivity contribution in [1.29, 1.82) is 0 Å². The normalized spacial score (nSPS) is 16.6. The molecule has 0 aliphatic heterocycles. The van der Waals surface area contributed by atoms with Crippen molar-refractivity contribution >= 4 is 79.7 Å². The maximum Gasteiger partial charge on any atom is 0.264 e. The van der Waals surface area contributed by atoms with Gasteiger partial charge in [0.05, 0.1) is 6.26 Å². The van der Waals surface area contributed by atoms with Gasteiger partial charge in [-0.25, -0.2) is 15.0 Å². The highest BCUT2D eigenvalue weighted by Gasteiger charge is 2.47. The maximum atomic E-state index is 11.5. The van der Waals surface area contributed by atoms with Crippen LogP contribution in [0.4, 0.5) is 0 Å². The monoisotopic (exact) mass is 492 g/mol. The minimum Gasteiger partial charge on any atom is -0.317 e. The molecule has 0 amide bonds. The van der Waals surface area contributed by atoms with E-state index in [-0.39, 0.29) is 17.5 Å². The van der Waals surface area contributed by atoms with E-state index in [1.54, 1.807) is 0 Å². The lowest BCUT2D eigenvalue weighted by Gasteiger charge is -2.38. The summed E-state index contributed by atoms with van der Waals surface area (Å²) in [5, 5.41) is 0. The van der Waals surface area contributed by atoms with Crippen molar-refractivity contribution in [2.24, 2.45) is 5.73 Å². The molecule has 0 spiro atoms. The third-order valence-corrected chi connectivity index (χ3v) is 4.95. The van der Waals surface area contributed by atoms with Gasteiger partial charge in [-0.1, -0.05) is 69.6 Å². The fraction of sp³-hybridized carbons (Fsp3) is 0.727. The van der Waals surface area contributed by atoms with E-state index in [1.165, 1.54) is 20.8 Å². The van der Waals surface area contributed by atoms with Gasteiger partial charge in [0, 0.05) is 0 Å². The Morgan fingerprint density at radius 3 is 1.44 bits per heavy atom. The lowest BCUT2D eigenvalue weighted by molar-refractivity contribution is 0.0322. The summed E-state index contributed by atoms with van der Waals surface area (Å²) < 4.78 is 23.9. The fourth-order valence-corrected chi connectivity index (χ4v) is 3.03. The second-order valence-electron chi connectivity index (χ2n) is 5.80. The van der Waals surface area contributed by atoms with Crippen molar-refractivity contribution in [3.05, 3.63) is 17.5 Å². The Labute approximate surface area is 175 Å². The van der Waals surface area contributed by atoms with E-state index in [2.05, 4.69) is 15.0 Å². The van der Waals surface area contributed by atoms with Crippen LogP contribution in [-0.4, -0.2) is 35.2 Å². The minimum absolute atomic E-state index is 0.196. The standard InChI is InChI=1S/C11H14Cl6N4O3S/c1-8(2,24-25(4,22)23)9(3,18)5-19-6(10(12,13)14)21-7(20-5)11(15,16)17/h18H2,1-4H3. The Morgan fingerprint density at radius 1 is 0.840 bits per heavy atom. The van der Waals surface area contributed by atoms with Crippen LogP contribution in [0, 0.1) is 0 Å². The van der Waals surface area contributed by atoms with Gasteiger partial charge in [0.2, 0.25) is 7.59 Å². The summed E-state index contributed by atoms with van der Waals surface area (Å²) in [5.41, 5.74) is 3.14. The highest BCUT2D eigenvalue weighted by molar-refractivity contribution is 7.86. The zero-order valence-corrected chi connectivity index (χ0v) is 18.7. The summed E-state index contributed by atoms with van der Waals surface area (Å²) in [6.07, 6.45) is 0.873. The second kappa shape index (κ2) is 7.22. The molecule has 1 heterocycles. The van der Waals surface area contributed by atoms with Crippen LogP contribution in [0.15, 0.2) is 0 Å². The van der Waals surface area contributed by atoms with Crippen LogP contribution in [0.2, 0.25) is 0 Å². The van der Waals surface area contributed by atoms with Crippen LogP contribution >= 0.6 is 69.6 Å². The molecule has 0 bridgehead atoms. The number of hydrogen-bond acceptors (Lipinski definition) is 7. The Balaban J connectivity index is 3.64. The average Bonchev–Trinajstić information content (AvgIpc) is 2.32. The summed E-state index contributed by atoms with van der Waals surface area (Å²) in [6, 6.07) is 0. The first-order valence-corrected chi connectivity index (χ1v) is 10.5. The molecular weight excluding hydrogens is 481 g/mol. The SMILES string of the molecule is CC(C)(OS(C)(=O)=O)C(C)(N)c1nc(C(Cl)(Cl)Cl)nc(C(Cl)(Cl)Cl)n1. The lowest BCUT2D eigenvalue weighted by Crippen LogP contribution is -2.56. The number of halogens is 6. The smallest absolute Gasteiger partial charge is 0.264 e. The van der Waals surface area contributed by atoms with Gasteiger partial charge in [-0.15, -0.1) is 0 Å². The molecule has 1 rings (SSSR count). The van der Waals surface area contributed by atoms with Gasteiger partial charge in [-0.05, 0) is 20.8 Å². The van der Waals surface area contributed by atoms with Crippen molar-refractivity contribution in [2.45, 2.75) is 39.5 Å². The number of rotatable bonds is 4. The molecular formula is C11H14Cl6N4O3S. The van der Waals surface area contributed by atoms with Crippen LogP contribution in [0.3, 0.4) is 0 Å². The largest absolute Gasteiger partial charge is 0.317 e. The van der Waals surface area contributed by atoms with E-state index in [1.807, 2.05) is 0 Å². The molecule has 14 heteroatoms. The van der Waals surface area contributed by atoms with E-state index in [9.17, 15) is 8.42 Å². The molecule has 7 nitrogen and oxygen atoms in total. The molecule has 1 aromatic rings. The van der Waals surface area contributed by atoms with Gasteiger partial charge in [0.15, 0.2) is 17.5 Å². The average molecular weight is 495 g/mol. The van der Waals surface area contributed by atoms with Crippen LogP contribution in [0.1, 0.15) is 38.2 Å². The molecule has 0 aromatic carbocycles. The molecule has 25 heavy (non-hydrogen) atoms. The zero-order valence-electron chi connectivity index (χ0n) is 13.3. The van der Waals surface area contributed by atoms with Crippen molar-refractivity contribution < 1.29 is 12.6 Å². The summed E-state index contributed by atoms with van der Waals surface area (Å²) in [7, 11) is -3.86. The molecule has 2 N–H and O–H groups in total.